The van der Waals surface area contributed by atoms with E-state index in [0.717, 1.165) is 0 Å². The first-order chi connectivity index (χ1) is 4.50. The zero-order valence-electron chi connectivity index (χ0n) is 6.93. The van der Waals surface area contributed by atoms with Gasteiger partial charge in [0.15, 0.2) is 0 Å². The molecule has 0 saturated carbocycles. The average Bonchev–Trinajstić information content (AvgIpc) is 2.11. The molecule has 0 aliphatic heterocycles. The molecule has 56 valence electrons. The van der Waals surface area contributed by atoms with E-state index >= 15 is 0 Å². The fourth-order valence-corrected chi connectivity index (χ4v) is 6.75. The van der Waals surface area contributed by atoms with Gasteiger partial charge >= 0.3 is 70.5 Å². The number of rotatable bonds is 1. The first-order valence-electron chi connectivity index (χ1n) is 3.43. The second kappa shape index (κ2) is 2.81. The van der Waals surface area contributed by atoms with Crippen LogP contribution in [0.2, 0.25) is 14.8 Å². The fourth-order valence-electron chi connectivity index (χ4n) is 0.708. The standard InChI is InChI=1S/C4H4NS.3CH3.Sn/c1-4-5-2-3-6-4;;;;/h3H,1H3;3*1H3;. The molecular formula is C7H13NSSn. The van der Waals surface area contributed by atoms with E-state index in [1.165, 1.54) is 8.72 Å². The number of nitrogens with zero attached hydrogens (tertiary/aromatic N) is 1. The van der Waals surface area contributed by atoms with Crippen LogP contribution in [0.4, 0.5) is 0 Å². The van der Waals surface area contributed by atoms with E-state index in [4.69, 9.17) is 0 Å². The van der Waals surface area contributed by atoms with Gasteiger partial charge in [0.25, 0.3) is 0 Å². The van der Waals surface area contributed by atoms with Crippen LogP contribution in [0.25, 0.3) is 0 Å². The predicted molar refractivity (Wildman–Crippen MR) is 49.8 cm³/mol. The van der Waals surface area contributed by atoms with Crippen molar-refractivity contribution in [2.75, 3.05) is 0 Å². The quantitative estimate of drug-likeness (QED) is 0.705. The molecule has 0 aliphatic carbocycles. The summed E-state index contributed by atoms with van der Waals surface area (Å²) in [5, 5.41) is 3.44. The number of aryl methyl sites for hydroxylation is 1. The summed E-state index contributed by atoms with van der Waals surface area (Å²) in [4.78, 5) is 11.7. The molecule has 0 amide bonds. The molecule has 0 fully saturated rings. The number of aromatic nitrogens is 1. The number of hydrogen-bond acceptors (Lipinski definition) is 2. The summed E-state index contributed by atoms with van der Waals surface area (Å²) >= 11 is -0.0195. The summed E-state index contributed by atoms with van der Waals surface area (Å²) in [5.74, 6) is 0. The number of thiazole rings is 1. The molecular weight excluding hydrogens is 249 g/mol. The van der Waals surface area contributed by atoms with Crippen LogP contribution < -0.4 is 3.71 Å². The van der Waals surface area contributed by atoms with Gasteiger partial charge < -0.3 is 0 Å². The maximum atomic E-state index is 4.49. The molecule has 3 heteroatoms. The van der Waals surface area contributed by atoms with Crippen LogP contribution in [-0.2, 0) is 0 Å². The van der Waals surface area contributed by atoms with E-state index in [1.54, 1.807) is 11.3 Å². The fraction of sp³-hybridized carbons (Fsp3) is 0.571. The molecule has 0 saturated heterocycles. The van der Waals surface area contributed by atoms with E-state index in [9.17, 15) is 0 Å². The normalized spacial score (nSPS) is 12.0. The van der Waals surface area contributed by atoms with Crippen molar-refractivity contribution in [2.45, 2.75) is 21.7 Å². The third-order valence-corrected chi connectivity index (χ3v) is 7.88. The minimum absolute atomic E-state index is 1.21. The van der Waals surface area contributed by atoms with Crippen molar-refractivity contribution in [3.05, 3.63) is 10.4 Å². The average molecular weight is 262 g/mol. The van der Waals surface area contributed by atoms with E-state index in [2.05, 4.69) is 32.1 Å². The second-order valence-electron chi connectivity index (χ2n) is 3.50. The van der Waals surface area contributed by atoms with Gasteiger partial charge in [0.1, 0.15) is 0 Å². The zero-order chi connectivity index (χ0) is 7.78. The van der Waals surface area contributed by atoms with Gasteiger partial charge in [-0.2, -0.15) is 0 Å². The Balaban J connectivity index is 2.96. The molecule has 1 heterocycles. The first kappa shape index (κ1) is 8.52. The van der Waals surface area contributed by atoms with Crippen molar-refractivity contribution in [3.63, 3.8) is 0 Å². The van der Waals surface area contributed by atoms with Gasteiger partial charge in [-0.15, -0.1) is 0 Å². The molecule has 0 aliphatic rings. The number of hydrogen-bond donors (Lipinski definition) is 0. The van der Waals surface area contributed by atoms with Gasteiger partial charge in [0.05, 0.1) is 0 Å². The van der Waals surface area contributed by atoms with Crippen LogP contribution in [0.3, 0.4) is 0 Å². The van der Waals surface area contributed by atoms with Crippen LogP contribution >= 0.6 is 11.3 Å². The molecule has 1 aromatic rings. The van der Waals surface area contributed by atoms with E-state index < -0.39 is 18.4 Å². The van der Waals surface area contributed by atoms with Gasteiger partial charge in [-0.1, -0.05) is 0 Å². The van der Waals surface area contributed by atoms with Crippen molar-refractivity contribution < 1.29 is 0 Å². The molecule has 0 radical (unpaired) electrons. The zero-order valence-corrected chi connectivity index (χ0v) is 10.6. The van der Waals surface area contributed by atoms with E-state index in [0.29, 0.717) is 0 Å². The summed E-state index contributed by atoms with van der Waals surface area (Å²) in [5.41, 5.74) is 0. The second-order valence-corrected chi connectivity index (χ2v) is 18.9. The van der Waals surface area contributed by atoms with Gasteiger partial charge in [-0.05, 0) is 0 Å². The summed E-state index contributed by atoms with van der Waals surface area (Å²) < 4.78 is 1.41. The first-order valence-corrected chi connectivity index (χ1v) is 14.3. The molecule has 1 rings (SSSR count). The summed E-state index contributed by atoms with van der Waals surface area (Å²) in [6.07, 6.45) is 0. The van der Waals surface area contributed by atoms with Crippen LogP contribution in [0, 0.1) is 6.92 Å². The summed E-state index contributed by atoms with van der Waals surface area (Å²) in [7, 11) is 0. The Morgan fingerprint density at radius 3 is 2.20 bits per heavy atom. The van der Waals surface area contributed by atoms with E-state index in [1.807, 2.05) is 0 Å². The summed E-state index contributed by atoms with van der Waals surface area (Å²) in [6.45, 7) is 2.08. The van der Waals surface area contributed by atoms with Crippen LogP contribution in [-0.4, -0.2) is 23.4 Å². The van der Waals surface area contributed by atoms with Crippen molar-refractivity contribution in [1.29, 1.82) is 0 Å². The Kier molecular flexibility index (Phi) is 2.40. The molecule has 0 bridgehead atoms. The SMILES string of the molecule is Cc1n[c]([Sn]([CH3])([CH3])[CH3])cs1. The molecule has 0 N–H and O–H groups in total. The monoisotopic (exact) mass is 263 g/mol. The van der Waals surface area contributed by atoms with Crippen molar-refractivity contribution in [2.24, 2.45) is 0 Å². The third-order valence-electron chi connectivity index (χ3n) is 1.39. The van der Waals surface area contributed by atoms with Gasteiger partial charge in [0.2, 0.25) is 0 Å². The van der Waals surface area contributed by atoms with E-state index in [-0.39, 0.29) is 0 Å². The Morgan fingerprint density at radius 1 is 1.40 bits per heavy atom. The van der Waals surface area contributed by atoms with Crippen molar-refractivity contribution in [3.8, 4) is 0 Å². The molecule has 1 nitrogen and oxygen atoms in total. The predicted octanol–water partition coefficient (Wildman–Crippen LogP) is 2.00. The Morgan fingerprint density at radius 2 is 2.00 bits per heavy atom. The topological polar surface area (TPSA) is 12.9 Å². The maximum absolute atomic E-state index is 4.49. The third kappa shape index (κ3) is 1.95. The minimum atomic E-state index is -1.79. The van der Waals surface area contributed by atoms with Crippen LogP contribution in [0.1, 0.15) is 5.01 Å². The van der Waals surface area contributed by atoms with Crippen LogP contribution in [0.15, 0.2) is 5.38 Å². The molecule has 0 unspecified atom stereocenters. The Bertz CT molecular complexity index is 224. The van der Waals surface area contributed by atoms with Gasteiger partial charge in [0, 0.05) is 0 Å². The Hall–Kier alpha value is 0.429. The van der Waals surface area contributed by atoms with Gasteiger partial charge in [-0.3, -0.25) is 0 Å². The van der Waals surface area contributed by atoms with Crippen LogP contribution in [0.5, 0.6) is 0 Å². The molecule has 1 aromatic heterocycles. The van der Waals surface area contributed by atoms with Crippen molar-refractivity contribution in [1.82, 2.24) is 4.98 Å². The molecule has 0 atom stereocenters. The van der Waals surface area contributed by atoms with Crippen molar-refractivity contribution >= 4 is 33.4 Å². The molecule has 10 heavy (non-hydrogen) atoms. The summed E-state index contributed by atoms with van der Waals surface area (Å²) in [6, 6.07) is 0. The molecule has 0 spiro atoms. The Labute approximate surface area is 70.4 Å². The van der Waals surface area contributed by atoms with Gasteiger partial charge in [-0.25, -0.2) is 0 Å². The molecule has 0 aromatic carbocycles.